The molecule has 0 radical (unpaired) electrons. The second kappa shape index (κ2) is 2.21. The fourth-order valence-electron chi connectivity index (χ4n) is 2.25. The molecule has 0 aromatic heterocycles. The zero-order valence-corrected chi connectivity index (χ0v) is 6.47. The van der Waals surface area contributed by atoms with Crippen molar-refractivity contribution in [1.82, 2.24) is 5.32 Å². The third-order valence-corrected chi connectivity index (χ3v) is 2.90. The van der Waals surface area contributed by atoms with Gasteiger partial charge < -0.3 is 10.4 Å². The molecule has 0 bridgehead atoms. The second-order valence-corrected chi connectivity index (χ2v) is 3.63. The number of aliphatic hydroxyl groups excluding tert-OH is 1. The van der Waals surface area contributed by atoms with Gasteiger partial charge in [-0.3, -0.25) is 4.79 Å². The molecule has 1 saturated carbocycles. The van der Waals surface area contributed by atoms with Crippen molar-refractivity contribution in [1.29, 1.82) is 0 Å². The van der Waals surface area contributed by atoms with Crippen LogP contribution in [0.1, 0.15) is 32.1 Å². The maximum Gasteiger partial charge on any atom is 0.223 e. The van der Waals surface area contributed by atoms with E-state index in [0.717, 1.165) is 25.7 Å². The highest BCUT2D eigenvalue weighted by Crippen LogP contribution is 2.36. The van der Waals surface area contributed by atoms with E-state index in [-0.39, 0.29) is 11.4 Å². The summed E-state index contributed by atoms with van der Waals surface area (Å²) in [5, 5.41) is 12.5. The molecule has 0 aromatic carbocycles. The summed E-state index contributed by atoms with van der Waals surface area (Å²) < 4.78 is 0. The fourth-order valence-corrected chi connectivity index (χ4v) is 2.25. The number of amides is 1. The Balaban J connectivity index is 2.18. The fraction of sp³-hybridized carbons (Fsp3) is 0.875. The molecule has 1 spiro atoms. The second-order valence-electron chi connectivity index (χ2n) is 3.63. The van der Waals surface area contributed by atoms with E-state index < -0.39 is 6.10 Å². The molecule has 0 unspecified atom stereocenters. The van der Waals surface area contributed by atoms with Crippen LogP contribution < -0.4 is 5.32 Å². The largest absolute Gasteiger partial charge is 0.390 e. The van der Waals surface area contributed by atoms with Gasteiger partial charge in [-0.15, -0.1) is 0 Å². The van der Waals surface area contributed by atoms with E-state index >= 15 is 0 Å². The number of carbonyl (C=O) groups is 1. The first-order valence-electron chi connectivity index (χ1n) is 4.22. The Hall–Kier alpha value is -0.570. The quantitative estimate of drug-likeness (QED) is 0.524. The minimum absolute atomic E-state index is 0.0133. The van der Waals surface area contributed by atoms with E-state index in [2.05, 4.69) is 5.32 Å². The molecule has 62 valence electrons. The maximum absolute atomic E-state index is 10.9. The third kappa shape index (κ3) is 0.948. The number of aliphatic hydroxyl groups is 1. The lowest BCUT2D eigenvalue weighted by Crippen LogP contribution is -2.45. The zero-order chi connectivity index (χ0) is 7.90. The van der Waals surface area contributed by atoms with Crippen LogP contribution in [0.15, 0.2) is 0 Å². The van der Waals surface area contributed by atoms with Gasteiger partial charge in [-0.1, -0.05) is 12.8 Å². The molecule has 1 atom stereocenters. The summed E-state index contributed by atoms with van der Waals surface area (Å²) in [4.78, 5) is 10.9. The highest BCUT2D eigenvalue weighted by Gasteiger charge is 2.47. The van der Waals surface area contributed by atoms with Crippen molar-refractivity contribution in [3.05, 3.63) is 0 Å². The highest BCUT2D eigenvalue weighted by atomic mass is 16.3. The van der Waals surface area contributed by atoms with Gasteiger partial charge >= 0.3 is 0 Å². The van der Waals surface area contributed by atoms with Crippen molar-refractivity contribution in [2.45, 2.75) is 43.7 Å². The predicted octanol–water partition coefficient (Wildman–Crippen LogP) is 0.180. The van der Waals surface area contributed by atoms with Crippen LogP contribution in [0.4, 0.5) is 0 Å². The Bertz CT molecular complexity index is 185. The van der Waals surface area contributed by atoms with E-state index in [1.165, 1.54) is 0 Å². The Morgan fingerprint density at radius 1 is 1.45 bits per heavy atom. The van der Waals surface area contributed by atoms with Crippen molar-refractivity contribution >= 4 is 5.91 Å². The summed E-state index contributed by atoms with van der Waals surface area (Å²) in [6.07, 6.45) is 4.06. The van der Waals surface area contributed by atoms with Gasteiger partial charge in [0.05, 0.1) is 18.1 Å². The van der Waals surface area contributed by atoms with Gasteiger partial charge in [0.1, 0.15) is 0 Å². The standard InChI is InChI=1S/C8H13NO2/c10-6-5-7(11)9-8(6)3-1-2-4-8/h6,10H,1-5H2,(H,9,11)/t6-/m1/s1. The minimum Gasteiger partial charge on any atom is -0.390 e. The van der Waals surface area contributed by atoms with Crippen LogP contribution in [0.3, 0.4) is 0 Å². The number of hydrogen-bond acceptors (Lipinski definition) is 2. The molecule has 3 heteroatoms. The Morgan fingerprint density at radius 3 is 2.55 bits per heavy atom. The molecular weight excluding hydrogens is 142 g/mol. The monoisotopic (exact) mass is 155 g/mol. The van der Waals surface area contributed by atoms with E-state index in [0.29, 0.717) is 6.42 Å². The molecule has 11 heavy (non-hydrogen) atoms. The average Bonchev–Trinajstić information content (AvgIpc) is 2.45. The first-order chi connectivity index (χ1) is 5.23. The lowest BCUT2D eigenvalue weighted by Gasteiger charge is -2.26. The summed E-state index contributed by atoms with van der Waals surface area (Å²) in [6.45, 7) is 0. The zero-order valence-electron chi connectivity index (χ0n) is 6.47. The van der Waals surface area contributed by atoms with Crippen molar-refractivity contribution in [3.63, 3.8) is 0 Å². The molecule has 2 rings (SSSR count). The van der Waals surface area contributed by atoms with E-state index in [9.17, 15) is 9.90 Å². The Kier molecular flexibility index (Phi) is 1.42. The van der Waals surface area contributed by atoms with Crippen LogP contribution in [-0.4, -0.2) is 22.7 Å². The normalized spacial score (nSPS) is 34.6. The molecule has 1 saturated heterocycles. The van der Waals surface area contributed by atoms with Gasteiger partial charge in [0, 0.05) is 0 Å². The smallest absolute Gasteiger partial charge is 0.223 e. The number of rotatable bonds is 0. The minimum atomic E-state index is -0.433. The van der Waals surface area contributed by atoms with Crippen LogP contribution in [0.2, 0.25) is 0 Å². The summed E-state index contributed by atoms with van der Waals surface area (Å²) in [5.74, 6) is 0.0133. The molecule has 1 heterocycles. The summed E-state index contributed by atoms with van der Waals surface area (Å²) in [6, 6.07) is 0. The van der Waals surface area contributed by atoms with Crippen molar-refractivity contribution in [2.24, 2.45) is 0 Å². The molecule has 1 aliphatic heterocycles. The van der Waals surface area contributed by atoms with Gasteiger partial charge in [0.2, 0.25) is 5.91 Å². The SMILES string of the molecule is O=C1C[C@@H](O)C2(CCCC2)N1. The van der Waals surface area contributed by atoms with Gasteiger partial charge in [0.15, 0.2) is 0 Å². The van der Waals surface area contributed by atoms with Crippen LogP contribution in [-0.2, 0) is 4.79 Å². The first-order valence-corrected chi connectivity index (χ1v) is 4.22. The molecule has 2 aliphatic rings. The van der Waals surface area contributed by atoms with Crippen molar-refractivity contribution < 1.29 is 9.90 Å². The lowest BCUT2D eigenvalue weighted by molar-refractivity contribution is -0.119. The molecule has 1 amide bonds. The van der Waals surface area contributed by atoms with Gasteiger partial charge in [-0.2, -0.15) is 0 Å². The molecule has 3 nitrogen and oxygen atoms in total. The number of carbonyl (C=O) groups excluding carboxylic acids is 1. The Labute approximate surface area is 65.8 Å². The molecule has 2 fully saturated rings. The summed E-state index contributed by atoms with van der Waals surface area (Å²) >= 11 is 0. The predicted molar refractivity (Wildman–Crippen MR) is 40.0 cm³/mol. The summed E-state index contributed by atoms with van der Waals surface area (Å²) in [7, 11) is 0. The molecule has 1 aliphatic carbocycles. The lowest BCUT2D eigenvalue weighted by atomic mass is 9.93. The van der Waals surface area contributed by atoms with Crippen LogP contribution in [0.25, 0.3) is 0 Å². The Morgan fingerprint density at radius 2 is 2.09 bits per heavy atom. The third-order valence-electron chi connectivity index (χ3n) is 2.90. The van der Waals surface area contributed by atoms with Crippen LogP contribution in [0, 0.1) is 0 Å². The highest BCUT2D eigenvalue weighted by molar-refractivity contribution is 5.80. The number of hydrogen-bond donors (Lipinski definition) is 2. The van der Waals surface area contributed by atoms with E-state index in [1.54, 1.807) is 0 Å². The van der Waals surface area contributed by atoms with Crippen molar-refractivity contribution in [3.8, 4) is 0 Å². The molecule has 2 N–H and O–H groups in total. The van der Waals surface area contributed by atoms with Crippen molar-refractivity contribution in [2.75, 3.05) is 0 Å². The van der Waals surface area contributed by atoms with Gasteiger partial charge in [0.25, 0.3) is 0 Å². The van der Waals surface area contributed by atoms with Gasteiger partial charge in [-0.25, -0.2) is 0 Å². The van der Waals surface area contributed by atoms with Gasteiger partial charge in [-0.05, 0) is 12.8 Å². The average molecular weight is 155 g/mol. The van der Waals surface area contributed by atoms with Crippen LogP contribution in [0.5, 0.6) is 0 Å². The topological polar surface area (TPSA) is 49.3 Å². The van der Waals surface area contributed by atoms with E-state index in [1.807, 2.05) is 0 Å². The molecular formula is C8H13NO2. The van der Waals surface area contributed by atoms with E-state index in [4.69, 9.17) is 0 Å². The maximum atomic E-state index is 10.9. The molecule has 0 aromatic rings. The first kappa shape index (κ1) is 7.10. The number of nitrogens with one attached hydrogen (secondary N) is 1. The summed E-state index contributed by atoms with van der Waals surface area (Å²) in [5.41, 5.74) is -0.225. The van der Waals surface area contributed by atoms with Crippen LogP contribution >= 0.6 is 0 Å².